The normalized spacial score (nSPS) is 21.8. The van der Waals surface area contributed by atoms with Crippen molar-refractivity contribution >= 4 is 5.97 Å². The maximum Gasteiger partial charge on any atom is 0.319 e. The first kappa shape index (κ1) is 10.5. The number of hydrogen-bond donors (Lipinski definition) is 1. The van der Waals surface area contributed by atoms with E-state index in [1.165, 1.54) is 0 Å². The second-order valence-electron chi connectivity index (χ2n) is 3.17. The van der Waals surface area contributed by atoms with Crippen molar-refractivity contribution in [2.75, 3.05) is 32.9 Å². The Labute approximate surface area is 78.6 Å². The lowest BCUT2D eigenvalue weighted by Gasteiger charge is -2.08. The highest BCUT2D eigenvalue weighted by atomic mass is 16.5. The van der Waals surface area contributed by atoms with Crippen LogP contribution in [0.3, 0.4) is 0 Å². The molecule has 0 saturated carbocycles. The quantitative estimate of drug-likeness (QED) is 0.623. The van der Waals surface area contributed by atoms with Gasteiger partial charge in [-0.15, -0.1) is 0 Å². The summed E-state index contributed by atoms with van der Waals surface area (Å²) >= 11 is 0. The van der Waals surface area contributed by atoms with Gasteiger partial charge in [-0.3, -0.25) is 4.79 Å². The summed E-state index contributed by atoms with van der Waals surface area (Å²) in [6.45, 7) is 5.08. The zero-order valence-electron chi connectivity index (χ0n) is 8.04. The number of hydrogen-bond acceptors (Lipinski definition) is 4. The SMILES string of the molecule is CCOC(=O)CNCC1CCOC1. The molecule has 0 aromatic heterocycles. The zero-order valence-corrected chi connectivity index (χ0v) is 8.04. The predicted octanol–water partition coefficient (Wildman–Crippen LogP) is 0.176. The molecule has 4 nitrogen and oxygen atoms in total. The van der Waals surface area contributed by atoms with Crippen LogP contribution in [-0.4, -0.2) is 38.9 Å². The van der Waals surface area contributed by atoms with Crippen molar-refractivity contribution in [1.29, 1.82) is 0 Å². The number of esters is 1. The molecule has 1 atom stereocenters. The molecule has 1 heterocycles. The topological polar surface area (TPSA) is 47.6 Å². The summed E-state index contributed by atoms with van der Waals surface area (Å²) in [6, 6.07) is 0. The van der Waals surface area contributed by atoms with Crippen molar-refractivity contribution in [1.82, 2.24) is 5.32 Å². The largest absolute Gasteiger partial charge is 0.465 e. The van der Waals surface area contributed by atoms with Gasteiger partial charge in [-0.1, -0.05) is 0 Å². The first-order chi connectivity index (χ1) is 6.33. The number of rotatable bonds is 5. The highest BCUT2D eigenvalue weighted by Gasteiger charge is 2.15. The van der Waals surface area contributed by atoms with Crippen LogP contribution in [0.2, 0.25) is 0 Å². The van der Waals surface area contributed by atoms with Crippen LogP contribution in [0.25, 0.3) is 0 Å². The van der Waals surface area contributed by atoms with E-state index in [-0.39, 0.29) is 5.97 Å². The number of nitrogens with one attached hydrogen (secondary N) is 1. The van der Waals surface area contributed by atoms with E-state index >= 15 is 0 Å². The van der Waals surface area contributed by atoms with Crippen LogP contribution in [0.15, 0.2) is 0 Å². The van der Waals surface area contributed by atoms with Crippen molar-refractivity contribution in [2.45, 2.75) is 13.3 Å². The molecule has 1 aliphatic heterocycles. The molecular formula is C9H17NO3. The standard InChI is InChI=1S/C9H17NO3/c1-2-13-9(11)6-10-5-8-3-4-12-7-8/h8,10H,2-7H2,1H3. The number of carbonyl (C=O) groups is 1. The van der Waals surface area contributed by atoms with E-state index in [1.807, 2.05) is 6.92 Å². The summed E-state index contributed by atoms with van der Waals surface area (Å²) in [6.07, 6.45) is 1.09. The number of ether oxygens (including phenoxy) is 2. The van der Waals surface area contributed by atoms with Gasteiger partial charge in [0.2, 0.25) is 0 Å². The highest BCUT2D eigenvalue weighted by Crippen LogP contribution is 2.10. The third kappa shape index (κ3) is 4.24. The molecule has 0 amide bonds. The Morgan fingerprint density at radius 1 is 1.69 bits per heavy atom. The van der Waals surface area contributed by atoms with E-state index in [9.17, 15) is 4.79 Å². The Hall–Kier alpha value is -0.610. The first-order valence-corrected chi connectivity index (χ1v) is 4.77. The molecule has 1 rings (SSSR count). The van der Waals surface area contributed by atoms with E-state index in [1.54, 1.807) is 0 Å². The molecule has 13 heavy (non-hydrogen) atoms. The van der Waals surface area contributed by atoms with Crippen molar-refractivity contribution in [3.63, 3.8) is 0 Å². The molecule has 0 bridgehead atoms. The Morgan fingerprint density at radius 2 is 2.54 bits per heavy atom. The molecule has 1 unspecified atom stereocenters. The van der Waals surface area contributed by atoms with Gasteiger partial charge in [0.1, 0.15) is 0 Å². The molecule has 76 valence electrons. The molecule has 0 aromatic rings. The highest BCUT2D eigenvalue weighted by molar-refractivity contribution is 5.71. The van der Waals surface area contributed by atoms with Crippen molar-refractivity contribution < 1.29 is 14.3 Å². The maximum absolute atomic E-state index is 10.9. The Bertz CT molecular complexity index is 155. The molecule has 1 aliphatic rings. The minimum absolute atomic E-state index is 0.179. The van der Waals surface area contributed by atoms with Gasteiger partial charge in [0.25, 0.3) is 0 Å². The zero-order chi connectivity index (χ0) is 9.52. The van der Waals surface area contributed by atoms with Gasteiger partial charge in [-0.2, -0.15) is 0 Å². The minimum Gasteiger partial charge on any atom is -0.465 e. The summed E-state index contributed by atoms with van der Waals surface area (Å²) in [7, 11) is 0. The molecular weight excluding hydrogens is 170 g/mol. The van der Waals surface area contributed by atoms with Gasteiger partial charge < -0.3 is 14.8 Å². The van der Waals surface area contributed by atoms with Gasteiger partial charge in [0, 0.05) is 13.2 Å². The molecule has 4 heteroatoms. The Morgan fingerprint density at radius 3 is 3.15 bits per heavy atom. The fourth-order valence-electron chi connectivity index (χ4n) is 1.33. The van der Waals surface area contributed by atoms with Crippen LogP contribution in [0.5, 0.6) is 0 Å². The summed E-state index contributed by atoms with van der Waals surface area (Å²) in [5.74, 6) is 0.385. The van der Waals surface area contributed by atoms with E-state index < -0.39 is 0 Å². The van der Waals surface area contributed by atoms with Gasteiger partial charge in [-0.05, 0) is 19.3 Å². The molecule has 1 N–H and O–H groups in total. The molecule has 0 aromatic carbocycles. The van der Waals surface area contributed by atoms with Crippen molar-refractivity contribution in [2.24, 2.45) is 5.92 Å². The van der Waals surface area contributed by atoms with Crippen LogP contribution >= 0.6 is 0 Å². The summed E-state index contributed by atoms with van der Waals surface area (Å²) < 4.78 is 9.98. The smallest absolute Gasteiger partial charge is 0.319 e. The monoisotopic (exact) mass is 187 g/mol. The lowest BCUT2D eigenvalue weighted by atomic mass is 10.1. The van der Waals surface area contributed by atoms with E-state index in [0.29, 0.717) is 19.1 Å². The average molecular weight is 187 g/mol. The van der Waals surface area contributed by atoms with Gasteiger partial charge in [0.05, 0.1) is 19.8 Å². The minimum atomic E-state index is -0.179. The third-order valence-corrected chi connectivity index (χ3v) is 2.03. The van der Waals surface area contributed by atoms with E-state index in [2.05, 4.69) is 5.32 Å². The molecule has 1 saturated heterocycles. The summed E-state index contributed by atoms with van der Waals surface area (Å²) in [4.78, 5) is 10.9. The van der Waals surface area contributed by atoms with Crippen LogP contribution in [0.1, 0.15) is 13.3 Å². The van der Waals surface area contributed by atoms with Gasteiger partial charge in [-0.25, -0.2) is 0 Å². The van der Waals surface area contributed by atoms with Gasteiger partial charge >= 0.3 is 5.97 Å². The third-order valence-electron chi connectivity index (χ3n) is 2.03. The van der Waals surface area contributed by atoms with Gasteiger partial charge in [0.15, 0.2) is 0 Å². The number of carbonyl (C=O) groups excluding carboxylic acids is 1. The van der Waals surface area contributed by atoms with Crippen molar-refractivity contribution in [3.05, 3.63) is 0 Å². The van der Waals surface area contributed by atoms with Crippen LogP contribution < -0.4 is 5.32 Å². The van der Waals surface area contributed by atoms with Crippen LogP contribution in [-0.2, 0) is 14.3 Å². The fourth-order valence-corrected chi connectivity index (χ4v) is 1.33. The molecule has 0 aliphatic carbocycles. The Kier molecular flexibility index (Phi) is 4.78. The average Bonchev–Trinajstić information content (AvgIpc) is 2.57. The second kappa shape index (κ2) is 5.94. The van der Waals surface area contributed by atoms with Crippen molar-refractivity contribution in [3.8, 4) is 0 Å². The Balaban J connectivity index is 1.96. The molecule has 0 radical (unpaired) electrons. The van der Waals surface area contributed by atoms with E-state index in [0.717, 1.165) is 26.2 Å². The maximum atomic E-state index is 10.9. The molecule has 1 fully saturated rings. The van der Waals surface area contributed by atoms with Crippen LogP contribution in [0.4, 0.5) is 0 Å². The van der Waals surface area contributed by atoms with E-state index in [4.69, 9.17) is 9.47 Å². The van der Waals surface area contributed by atoms with Crippen LogP contribution in [0, 0.1) is 5.92 Å². The summed E-state index contributed by atoms with van der Waals surface area (Å²) in [5, 5.41) is 3.06. The summed E-state index contributed by atoms with van der Waals surface area (Å²) in [5.41, 5.74) is 0. The lowest BCUT2D eigenvalue weighted by molar-refractivity contribution is -0.142. The second-order valence-corrected chi connectivity index (χ2v) is 3.17. The lowest BCUT2D eigenvalue weighted by Crippen LogP contribution is -2.29. The molecule has 0 spiro atoms. The predicted molar refractivity (Wildman–Crippen MR) is 48.4 cm³/mol. The first-order valence-electron chi connectivity index (χ1n) is 4.77. The fraction of sp³-hybridized carbons (Fsp3) is 0.889.